The molecule has 0 bridgehead atoms. The Hall–Kier alpha value is -4.19. The molecule has 0 N–H and O–H groups in total. The van der Waals surface area contributed by atoms with Gasteiger partial charge in [-0.2, -0.15) is 0 Å². The third-order valence-corrected chi connectivity index (χ3v) is 7.00. The van der Waals surface area contributed by atoms with Crippen LogP contribution in [-0.4, -0.2) is 21.2 Å². The Morgan fingerprint density at radius 1 is 0.892 bits per heavy atom. The van der Waals surface area contributed by atoms with Crippen LogP contribution in [0.4, 0.5) is 0 Å². The van der Waals surface area contributed by atoms with Gasteiger partial charge in [0.05, 0.1) is 12.6 Å². The maximum Gasteiger partial charge on any atom is 0.267 e. The SMILES string of the molecule is COc1ccc(CCn2c(-c3ccc(C(C)(C)C)cc3)nc3c(c(=O)c4ccccc4n3C)c2=O)cc1. The van der Waals surface area contributed by atoms with Gasteiger partial charge in [-0.1, -0.05) is 69.3 Å². The number of ether oxygens (including phenoxy) is 1. The molecule has 188 valence electrons. The van der Waals surface area contributed by atoms with Gasteiger partial charge in [-0.25, -0.2) is 4.98 Å². The van der Waals surface area contributed by atoms with E-state index in [0.717, 1.165) is 22.4 Å². The molecular formula is C31H31N3O3. The highest BCUT2D eigenvalue weighted by Crippen LogP contribution is 2.26. The topological polar surface area (TPSA) is 66.1 Å². The van der Waals surface area contributed by atoms with Crippen LogP contribution in [0, 0.1) is 0 Å². The molecule has 0 aliphatic rings. The van der Waals surface area contributed by atoms with Crippen molar-refractivity contribution in [2.75, 3.05) is 7.11 Å². The number of methoxy groups -OCH3 is 1. The van der Waals surface area contributed by atoms with Gasteiger partial charge in [-0.3, -0.25) is 14.2 Å². The standard InChI is InChI=1S/C31H31N3O3/c1-31(2,3)22-14-12-21(13-15-22)28-32-29-26(27(35)24-8-6-7-9-25(24)33(29)4)30(36)34(28)19-18-20-10-16-23(37-5)17-11-20/h6-17H,18-19H2,1-5H3. The minimum Gasteiger partial charge on any atom is -0.497 e. The number of para-hydroxylation sites is 1. The average Bonchev–Trinajstić information content (AvgIpc) is 2.90. The Kier molecular flexibility index (Phi) is 6.20. The highest BCUT2D eigenvalue weighted by Gasteiger charge is 2.20. The largest absolute Gasteiger partial charge is 0.497 e. The first-order chi connectivity index (χ1) is 17.7. The molecule has 0 aliphatic carbocycles. The fourth-order valence-corrected chi connectivity index (χ4v) is 4.77. The third-order valence-electron chi connectivity index (χ3n) is 7.00. The van der Waals surface area contributed by atoms with Crippen LogP contribution >= 0.6 is 0 Å². The predicted octanol–water partition coefficient (Wildman–Crippen LogP) is 5.46. The summed E-state index contributed by atoms with van der Waals surface area (Å²) in [6.07, 6.45) is 0.609. The number of rotatable bonds is 5. The van der Waals surface area contributed by atoms with Crippen LogP contribution in [0.1, 0.15) is 31.9 Å². The lowest BCUT2D eigenvalue weighted by atomic mass is 9.86. The summed E-state index contributed by atoms with van der Waals surface area (Å²) < 4.78 is 8.76. The van der Waals surface area contributed by atoms with Crippen molar-refractivity contribution in [3.8, 4) is 17.1 Å². The minimum atomic E-state index is -0.320. The first-order valence-electron chi connectivity index (χ1n) is 12.4. The summed E-state index contributed by atoms with van der Waals surface area (Å²) in [5.41, 5.74) is 3.64. The van der Waals surface area contributed by atoms with Crippen LogP contribution in [-0.2, 0) is 25.4 Å². The van der Waals surface area contributed by atoms with E-state index in [0.29, 0.717) is 29.8 Å². The molecule has 5 aromatic rings. The predicted molar refractivity (Wildman–Crippen MR) is 150 cm³/mol. The zero-order chi connectivity index (χ0) is 26.3. The molecule has 5 rings (SSSR count). The molecule has 0 saturated heterocycles. The highest BCUT2D eigenvalue weighted by molar-refractivity contribution is 5.91. The Morgan fingerprint density at radius 3 is 2.22 bits per heavy atom. The number of hydrogen-bond acceptors (Lipinski definition) is 4. The fraction of sp³-hybridized carbons (Fsp3) is 0.258. The van der Waals surface area contributed by atoms with Gasteiger partial charge in [-0.15, -0.1) is 0 Å². The van der Waals surface area contributed by atoms with Gasteiger partial charge in [0.1, 0.15) is 17.0 Å². The summed E-state index contributed by atoms with van der Waals surface area (Å²) in [5, 5.41) is 0.631. The Bertz CT molecular complexity index is 1720. The number of aromatic nitrogens is 3. The van der Waals surface area contributed by atoms with Crippen molar-refractivity contribution >= 4 is 21.9 Å². The monoisotopic (exact) mass is 493 g/mol. The smallest absolute Gasteiger partial charge is 0.267 e. The van der Waals surface area contributed by atoms with Gasteiger partial charge in [0.15, 0.2) is 5.65 Å². The molecule has 6 nitrogen and oxygen atoms in total. The normalized spacial score (nSPS) is 11.8. The molecular weight excluding hydrogens is 462 g/mol. The van der Waals surface area contributed by atoms with Crippen LogP contribution in [0.3, 0.4) is 0 Å². The van der Waals surface area contributed by atoms with E-state index in [9.17, 15) is 9.59 Å². The van der Waals surface area contributed by atoms with Crippen LogP contribution in [0.5, 0.6) is 5.75 Å². The second kappa shape index (κ2) is 9.36. The Balaban J connectivity index is 1.73. The summed E-state index contributed by atoms with van der Waals surface area (Å²) in [6.45, 7) is 6.90. The van der Waals surface area contributed by atoms with Crippen molar-refractivity contribution < 1.29 is 4.74 Å². The van der Waals surface area contributed by atoms with Gasteiger partial charge in [0.2, 0.25) is 5.43 Å². The lowest BCUT2D eigenvalue weighted by Gasteiger charge is -2.20. The quantitative estimate of drug-likeness (QED) is 0.305. The molecule has 0 radical (unpaired) electrons. The maximum atomic E-state index is 14.0. The van der Waals surface area contributed by atoms with E-state index in [1.807, 2.05) is 66.2 Å². The molecule has 0 fully saturated rings. The zero-order valence-electron chi connectivity index (χ0n) is 21.9. The number of nitrogens with zero attached hydrogens (tertiary/aromatic N) is 3. The molecule has 2 aromatic heterocycles. The second-order valence-electron chi connectivity index (χ2n) is 10.4. The van der Waals surface area contributed by atoms with Crippen LogP contribution < -0.4 is 15.7 Å². The summed E-state index contributed by atoms with van der Waals surface area (Å²) in [6, 6.07) is 23.3. The van der Waals surface area contributed by atoms with Gasteiger partial charge >= 0.3 is 0 Å². The first kappa shape index (κ1) is 24.5. The molecule has 0 unspecified atom stereocenters. The molecule has 0 saturated carbocycles. The van der Waals surface area contributed by atoms with Crippen LogP contribution in [0.25, 0.3) is 33.3 Å². The molecule has 2 heterocycles. The van der Waals surface area contributed by atoms with E-state index in [4.69, 9.17) is 9.72 Å². The van der Waals surface area contributed by atoms with Crippen molar-refractivity contribution in [1.82, 2.24) is 14.1 Å². The molecule has 0 amide bonds. The van der Waals surface area contributed by atoms with Crippen molar-refractivity contribution in [3.05, 3.63) is 105 Å². The number of benzene rings is 3. The second-order valence-corrected chi connectivity index (χ2v) is 10.4. The molecule has 0 atom stereocenters. The number of pyridine rings is 1. The number of hydrogen-bond donors (Lipinski definition) is 0. The van der Waals surface area contributed by atoms with Crippen LogP contribution in [0.2, 0.25) is 0 Å². The van der Waals surface area contributed by atoms with Gasteiger partial charge < -0.3 is 9.30 Å². The lowest BCUT2D eigenvalue weighted by molar-refractivity contribution is 0.414. The molecule has 3 aromatic carbocycles. The summed E-state index contributed by atoms with van der Waals surface area (Å²) >= 11 is 0. The van der Waals surface area contributed by atoms with Gasteiger partial charge in [-0.05, 0) is 47.2 Å². The van der Waals surface area contributed by atoms with E-state index in [2.05, 4.69) is 32.9 Å². The van der Waals surface area contributed by atoms with E-state index in [1.54, 1.807) is 17.7 Å². The first-order valence-corrected chi connectivity index (χ1v) is 12.4. The van der Waals surface area contributed by atoms with Crippen molar-refractivity contribution in [2.45, 2.75) is 39.2 Å². The average molecular weight is 494 g/mol. The highest BCUT2D eigenvalue weighted by atomic mass is 16.5. The number of aryl methyl sites for hydroxylation is 2. The molecule has 0 aliphatic heterocycles. The van der Waals surface area contributed by atoms with Crippen molar-refractivity contribution in [1.29, 1.82) is 0 Å². The molecule has 6 heteroatoms. The van der Waals surface area contributed by atoms with E-state index < -0.39 is 0 Å². The van der Waals surface area contributed by atoms with Crippen molar-refractivity contribution in [3.63, 3.8) is 0 Å². The van der Waals surface area contributed by atoms with Gasteiger partial charge in [0, 0.05) is 24.5 Å². The summed E-state index contributed by atoms with van der Waals surface area (Å²) in [4.78, 5) is 32.4. The van der Waals surface area contributed by atoms with E-state index in [1.165, 1.54) is 5.56 Å². The zero-order valence-corrected chi connectivity index (χ0v) is 21.9. The minimum absolute atomic E-state index is 0.00614. The van der Waals surface area contributed by atoms with E-state index >= 15 is 0 Å². The van der Waals surface area contributed by atoms with Crippen molar-refractivity contribution in [2.24, 2.45) is 7.05 Å². The Morgan fingerprint density at radius 2 is 1.57 bits per heavy atom. The van der Waals surface area contributed by atoms with E-state index in [-0.39, 0.29) is 21.8 Å². The molecule has 0 spiro atoms. The number of fused-ring (bicyclic) bond motifs is 2. The fourth-order valence-electron chi connectivity index (χ4n) is 4.77. The molecule has 37 heavy (non-hydrogen) atoms. The maximum absolute atomic E-state index is 14.0. The summed E-state index contributed by atoms with van der Waals surface area (Å²) in [5.74, 6) is 1.33. The third kappa shape index (κ3) is 4.44. The Labute approximate surface area is 215 Å². The van der Waals surface area contributed by atoms with Gasteiger partial charge in [0.25, 0.3) is 5.56 Å². The van der Waals surface area contributed by atoms with Crippen LogP contribution in [0.15, 0.2) is 82.4 Å². The lowest BCUT2D eigenvalue weighted by Crippen LogP contribution is -2.30. The summed E-state index contributed by atoms with van der Waals surface area (Å²) in [7, 11) is 3.49.